The van der Waals surface area contributed by atoms with Crippen molar-refractivity contribution in [2.75, 3.05) is 37.6 Å². The normalized spacial score (nSPS) is 21.7. The summed E-state index contributed by atoms with van der Waals surface area (Å²) >= 11 is 0. The molecule has 3 saturated heterocycles. The highest BCUT2D eigenvalue weighted by Gasteiger charge is 2.44. The lowest BCUT2D eigenvalue weighted by molar-refractivity contribution is -0.136. The van der Waals surface area contributed by atoms with Crippen LogP contribution in [-0.4, -0.2) is 81.7 Å². The molecule has 47 heavy (non-hydrogen) atoms. The van der Waals surface area contributed by atoms with Crippen LogP contribution < -0.4 is 10.2 Å². The number of carbonyl (C=O) groups excluding carboxylic acids is 4. The summed E-state index contributed by atoms with van der Waals surface area (Å²) in [5, 5.41) is 4.75. The number of aryl methyl sites for hydroxylation is 1. The van der Waals surface area contributed by atoms with Crippen molar-refractivity contribution in [2.24, 2.45) is 13.0 Å². The van der Waals surface area contributed by atoms with Gasteiger partial charge >= 0.3 is 0 Å². The highest BCUT2D eigenvalue weighted by Crippen LogP contribution is 2.35. The number of anilines is 1. The van der Waals surface area contributed by atoms with Gasteiger partial charge < -0.3 is 14.4 Å². The lowest BCUT2D eigenvalue weighted by atomic mass is 9.88. The van der Waals surface area contributed by atoms with Crippen LogP contribution in [0.25, 0.3) is 21.8 Å². The predicted molar refractivity (Wildman–Crippen MR) is 179 cm³/mol. The molecule has 10 nitrogen and oxygen atoms in total. The molecule has 10 heteroatoms. The number of hydrogen-bond acceptors (Lipinski definition) is 7. The second-order valence-electron chi connectivity index (χ2n) is 13.7. The highest BCUT2D eigenvalue weighted by molar-refractivity contribution is 6.23. The second-order valence-corrected chi connectivity index (χ2v) is 13.7. The highest BCUT2D eigenvalue weighted by atomic mass is 16.2. The fraction of sp³-hybridized carbons (Fsp3) is 0.432. The van der Waals surface area contributed by atoms with Crippen molar-refractivity contribution in [3.8, 4) is 0 Å². The summed E-state index contributed by atoms with van der Waals surface area (Å²) in [6.45, 7) is 5.24. The SMILES string of the molecule is Cn1c2ccncc2c2ccc(C3CCN(CCC4CCN(c5ccc6c(c5)C(=O)N(C5CCC(=O)NC5=O)C6=O)CC4)CC3)cc21. The van der Waals surface area contributed by atoms with Gasteiger partial charge in [0.15, 0.2) is 0 Å². The predicted octanol–water partition coefficient (Wildman–Crippen LogP) is 4.61. The Labute approximate surface area is 273 Å². The van der Waals surface area contributed by atoms with E-state index in [0.29, 0.717) is 23.0 Å². The fourth-order valence-corrected chi connectivity index (χ4v) is 8.32. The monoisotopic (exact) mass is 632 g/mol. The summed E-state index contributed by atoms with van der Waals surface area (Å²) in [7, 11) is 2.15. The third-order valence-corrected chi connectivity index (χ3v) is 11.1. The molecule has 4 aliphatic heterocycles. The number of nitrogens with zero attached hydrogens (tertiary/aromatic N) is 5. The lowest BCUT2D eigenvalue weighted by Gasteiger charge is -2.36. The molecule has 0 saturated carbocycles. The lowest BCUT2D eigenvalue weighted by Crippen LogP contribution is -2.54. The second kappa shape index (κ2) is 11.9. The number of piperidine rings is 3. The third kappa shape index (κ3) is 5.28. The molecule has 2 aromatic carbocycles. The van der Waals surface area contributed by atoms with E-state index < -0.39 is 23.8 Å². The number of likely N-dealkylation sites (tertiary alicyclic amines) is 1. The van der Waals surface area contributed by atoms with Gasteiger partial charge in [-0.3, -0.25) is 34.4 Å². The maximum Gasteiger partial charge on any atom is 0.262 e. The van der Waals surface area contributed by atoms with E-state index in [4.69, 9.17) is 0 Å². The van der Waals surface area contributed by atoms with Gasteiger partial charge in [0.1, 0.15) is 6.04 Å². The smallest absolute Gasteiger partial charge is 0.262 e. The Morgan fingerprint density at radius 3 is 2.38 bits per heavy atom. The molecule has 6 heterocycles. The Balaban J connectivity index is 0.829. The van der Waals surface area contributed by atoms with Crippen LogP contribution in [0.1, 0.15) is 77.1 Å². The molecule has 0 spiro atoms. The van der Waals surface area contributed by atoms with Gasteiger partial charge in [-0.15, -0.1) is 0 Å². The summed E-state index contributed by atoms with van der Waals surface area (Å²) in [4.78, 5) is 60.6. The molecule has 8 rings (SSSR count). The Morgan fingerprint density at radius 2 is 1.60 bits per heavy atom. The largest absolute Gasteiger partial charge is 0.371 e. The zero-order valence-electron chi connectivity index (χ0n) is 26.8. The molecule has 242 valence electrons. The van der Waals surface area contributed by atoms with E-state index in [-0.39, 0.29) is 18.7 Å². The minimum Gasteiger partial charge on any atom is -0.371 e. The van der Waals surface area contributed by atoms with E-state index in [1.54, 1.807) is 12.1 Å². The van der Waals surface area contributed by atoms with Crippen molar-refractivity contribution in [3.05, 3.63) is 71.5 Å². The van der Waals surface area contributed by atoms with Crippen LogP contribution in [0.3, 0.4) is 0 Å². The molecule has 2 aromatic heterocycles. The average Bonchev–Trinajstić information content (AvgIpc) is 3.52. The number of rotatable bonds is 6. The molecular formula is C37H40N6O4. The van der Waals surface area contributed by atoms with Gasteiger partial charge in [-0.05, 0) is 106 Å². The van der Waals surface area contributed by atoms with Crippen LogP contribution in [0.15, 0.2) is 54.9 Å². The Hall–Kier alpha value is -4.57. The number of amides is 4. The number of nitrogens with one attached hydrogen (secondary N) is 1. The van der Waals surface area contributed by atoms with Gasteiger partial charge in [-0.1, -0.05) is 12.1 Å². The van der Waals surface area contributed by atoms with E-state index in [2.05, 4.69) is 56.0 Å². The molecule has 1 atom stereocenters. The molecule has 3 fully saturated rings. The van der Waals surface area contributed by atoms with Crippen LogP contribution in [-0.2, 0) is 16.6 Å². The van der Waals surface area contributed by atoms with Crippen molar-refractivity contribution in [1.29, 1.82) is 0 Å². The first-order valence-electron chi connectivity index (χ1n) is 17.0. The number of carbonyl (C=O) groups is 4. The first-order chi connectivity index (χ1) is 22.9. The fourth-order valence-electron chi connectivity index (χ4n) is 8.32. The molecule has 0 radical (unpaired) electrons. The van der Waals surface area contributed by atoms with E-state index in [1.165, 1.54) is 46.6 Å². The summed E-state index contributed by atoms with van der Waals surface area (Å²) in [6.07, 6.45) is 9.89. The summed E-state index contributed by atoms with van der Waals surface area (Å²) in [6, 6.07) is 13.6. The Bertz CT molecular complexity index is 1920. The molecule has 4 aromatic rings. The zero-order chi connectivity index (χ0) is 32.2. The molecule has 1 unspecified atom stereocenters. The number of fused-ring (bicyclic) bond motifs is 4. The molecule has 1 N–H and O–H groups in total. The molecule has 0 aliphatic carbocycles. The van der Waals surface area contributed by atoms with Crippen LogP contribution in [0, 0.1) is 5.92 Å². The van der Waals surface area contributed by atoms with Crippen molar-refractivity contribution in [3.63, 3.8) is 0 Å². The number of imide groups is 2. The standard InChI is InChI=1S/C37H40N6O4/c1-40-31-8-14-38-22-30(31)27-4-2-25(20-33(27)40)24-12-16-41(17-13-24)15-9-23-10-18-42(19-11-23)26-3-5-28-29(21-26)37(47)43(36(28)46)32-6-7-34(44)39-35(32)45/h2-5,8,14,20-24,32H,6-7,9-13,15-19H2,1H3,(H,39,44,45). The minimum absolute atomic E-state index is 0.115. The minimum atomic E-state index is -0.942. The number of benzene rings is 2. The molecule has 0 bridgehead atoms. The molecule has 4 aliphatic rings. The number of hydrogen-bond donors (Lipinski definition) is 1. The van der Waals surface area contributed by atoms with E-state index in [0.717, 1.165) is 56.2 Å². The Kier molecular flexibility index (Phi) is 7.55. The number of aromatic nitrogens is 2. The summed E-state index contributed by atoms with van der Waals surface area (Å²) in [5.74, 6) is -0.598. The molecular weight excluding hydrogens is 592 g/mol. The maximum atomic E-state index is 13.3. The third-order valence-electron chi connectivity index (χ3n) is 11.1. The number of pyridine rings is 1. The van der Waals surface area contributed by atoms with Gasteiger partial charge in [0, 0.05) is 60.9 Å². The average molecular weight is 633 g/mol. The van der Waals surface area contributed by atoms with Crippen molar-refractivity contribution in [2.45, 2.75) is 56.9 Å². The van der Waals surface area contributed by atoms with Gasteiger partial charge in [-0.25, -0.2) is 0 Å². The van der Waals surface area contributed by atoms with Gasteiger partial charge in [0.25, 0.3) is 11.8 Å². The van der Waals surface area contributed by atoms with E-state index in [1.807, 2.05) is 18.5 Å². The van der Waals surface area contributed by atoms with Crippen LogP contribution >= 0.6 is 0 Å². The maximum absolute atomic E-state index is 13.3. The first-order valence-corrected chi connectivity index (χ1v) is 17.0. The zero-order valence-corrected chi connectivity index (χ0v) is 26.8. The van der Waals surface area contributed by atoms with Gasteiger partial charge in [0.2, 0.25) is 11.8 Å². The van der Waals surface area contributed by atoms with Crippen LogP contribution in [0.5, 0.6) is 0 Å². The summed E-state index contributed by atoms with van der Waals surface area (Å²) < 4.78 is 2.29. The van der Waals surface area contributed by atoms with E-state index >= 15 is 0 Å². The van der Waals surface area contributed by atoms with E-state index in [9.17, 15) is 19.2 Å². The van der Waals surface area contributed by atoms with Crippen molar-refractivity contribution < 1.29 is 19.2 Å². The topological polar surface area (TPSA) is 108 Å². The van der Waals surface area contributed by atoms with Gasteiger partial charge in [-0.2, -0.15) is 0 Å². The quantitative estimate of drug-likeness (QED) is 0.309. The summed E-state index contributed by atoms with van der Waals surface area (Å²) in [5.41, 5.74) is 5.57. The Morgan fingerprint density at radius 1 is 0.809 bits per heavy atom. The van der Waals surface area contributed by atoms with Crippen molar-refractivity contribution in [1.82, 2.24) is 24.7 Å². The first kappa shape index (κ1) is 29.8. The van der Waals surface area contributed by atoms with Crippen LogP contribution in [0.4, 0.5) is 5.69 Å². The van der Waals surface area contributed by atoms with Gasteiger partial charge in [0.05, 0.1) is 16.6 Å². The van der Waals surface area contributed by atoms with Crippen molar-refractivity contribution >= 4 is 51.1 Å². The molecule has 4 amide bonds. The van der Waals surface area contributed by atoms with Crippen LogP contribution in [0.2, 0.25) is 0 Å².